The van der Waals surface area contributed by atoms with Gasteiger partial charge < -0.3 is 18.3 Å². The molecule has 0 saturated heterocycles. The number of esters is 1. The average molecular weight is 523 g/mol. The zero-order valence-electron chi connectivity index (χ0n) is 20.1. The molecule has 2 heterocycles. The van der Waals surface area contributed by atoms with E-state index in [1.54, 1.807) is 49.6 Å². The van der Waals surface area contributed by atoms with Crippen LogP contribution in [0.25, 0.3) is 44.4 Å². The van der Waals surface area contributed by atoms with Crippen molar-refractivity contribution in [2.24, 2.45) is 0 Å². The van der Waals surface area contributed by atoms with Crippen molar-refractivity contribution in [1.82, 2.24) is 0 Å². The summed E-state index contributed by atoms with van der Waals surface area (Å²) in [7, 11) is 1.56. The fourth-order valence-corrected chi connectivity index (χ4v) is 4.61. The fourth-order valence-electron chi connectivity index (χ4n) is 4.42. The minimum atomic E-state index is -0.573. The maximum absolute atomic E-state index is 13.1. The largest absolute Gasteiger partial charge is 0.493 e. The molecule has 0 amide bonds. The third-order valence-electron chi connectivity index (χ3n) is 6.19. The van der Waals surface area contributed by atoms with Crippen LogP contribution in [0.5, 0.6) is 11.5 Å². The number of para-hydroxylation sites is 1. The van der Waals surface area contributed by atoms with Gasteiger partial charge in [-0.2, -0.15) is 0 Å². The van der Waals surface area contributed by atoms with Gasteiger partial charge in [-0.3, -0.25) is 0 Å². The van der Waals surface area contributed by atoms with Crippen LogP contribution >= 0.6 is 11.6 Å². The zero-order valence-corrected chi connectivity index (χ0v) is 20.8. The van der Waals surface area contributed by atoms with Crippen molar-refractivity contribution in [3.05, 3.63) is 118 Å². The van der Waals surface area contributed by atoms with E-state index in [1.165, 1.54) is 6.07 Å². The first kappa shape index (κ1) is 23.6. The van der Waals surface area contributed by atoms with Crippen molar-refractivity contribution in [1.29, 1.82) is 0 Å². The van der Waals surface area contributed by atoms with E-state index >= 15 is 0 Å². The van der Waals surface area contributed by atoms with Crippen LogP contribution in [0.3, 0.4) is 0 Å². The van der Waals surface area contributed by atoms with Crippen molar-refractivity contribution in [3.8, 4) is 33.9 Å². The highest BCUT2D eigenvalue weighted by atomic mass is 35.5. The van der Waals surface area contributed by atoms with Crippen LogP contribution in [0.4, 0.5) is 0 Å². The summed E-state index contributed by atoms with van der Waals surface area (Å²) < 4.78 is 23.0. The Balaban J connectivity index is 1.57. The van der Waals surface area contributed by atoms with Crippen molar-refractivity contribution < 1.29 is 23.1 Å². The Morgan fingerprint density at radius 1 is 0.789 bits per heavy atom. The van der Waals surface area contributed by atoms with Gasteiger partial charge in [-0.15, -0.1) is 0 Å². The van der Waals surface area contributed by atoms with E-state index in [0.29, 0.717) is 49.8 Å². The molecule has 0 bridgehead atoms. The second-order valence-electron chi connectivity index (χ2n) is 8.58. The van der Waals surface area contributed by atoms with Crippen LogP contribution in [0.2, 0.25) is 5.02 Å². The van der Waals surface area contributed by atoms with Crippen LogP contribution in [-0.2, 0) is 0 Å². The lowest BCUT2D eigenvalue weighted by Crippen LogP contribution is -2.09. The highest BCUT2D eigenvalue weighted by Gasteiger charge is 2.20. The van der Waals surface area contributed by atoms with Crippen molar-refractivity contribution in [3.63, 3.8) is 0 Å². The number of furan rings is 1. The van der Waals surface area contributed by atoms with Gasteiger partial charge in [0.05, 0.1) is 12.7 Å². The molecule has 0 saturated carbocycles. The average Bonchev–Trinajstić information content (AvgIpc) is 3.37. The quantitative estimate of drug-likeness (QED) is 0.131. The molecule has 6 aromatic rings. The first-order chi connectivity index (χ1) is 18.5. The number of methoxy groups -OCH3 is 1. The van der Waals surface area contributed by atoms with E-state index in [2.05, 4.69) is 0 Å². The number of fused-ring (bicyclic) bond motifs is 2. The standard InChI is InChI=1S/C31H19ClO6/c1-35-25-12-6-9-19-14-26(37-30(19)25)24-17-29(33)36-28-15-22(18-7-3-2-4-8-18)27(16-23(24)28)38-31(34)20-10-5-11-21(32)13-20/h2-17H,1H3. The van der Waals surface area contributed by atoms with Gasteiger partial charge in [0.1, 0.15) is 17.1 Å². The minimum Gasteiger partial charge on any atom is -0.493 e. The molecule has 0 spiro atoms. The maximum Gasteiger partial charge on any atom is 0.343 e. The van der Waals surface area contributed by atoms with Gasteiger partial charge >= 0.3 is 11.6 Å². The summed E-state index contributed by atoms with van der Waals surface area (Å²) in [5.74, 6) is 0.736. The van der Waals surface area contributed by atoms with E-state index in [9.17, 15) is 9.59 Å². The summed E-state index contributed by atoms with van der Waals surface area (Å²) >= 11 is 6.09. The topological polar surface area (TPSA) is 78.9 Å². The van der Waals surface area contributed by atoms with Crippen LogP contribution in [-0.4, -0.2) is 13.1 Å². The number of hydrogen-bond acceptors (Lipinski definition) is 6. The number of rotatable bonds is 5. The molecular weight excluding hydrogens is 504 g/mol. The van der Waals surface area contributed by atoms with E-state index in [0.717, 1.165) is 10.9 Å². The third kappa shape index (κ3) is 4.31. The molecule has 186 valence electrons. The smallest absolute Gasteiger partial charge is 0.343 e. The molecule has 0 fully saturated rings. The molecule has 0 aliphatic heterocycles. The number of carbonyl (C=O) groups excluding carboxylic acids is 1. The summed E-state index contributed by atoms with van der Waals surface area (Å²) in [5.41, 5.74) is 2.50. The Hall–Kier alpha value is -4.81. The molecule has 6 rings (SSSR count). The lowest BCUT2D eigenvalue weighted by molar-refractivity contribution is 0.0735. The minimum absolute atomic E-state index is 0.289. The molecule has 6 nitrogen and oxygen atoms in total. The molecule has 38 heavy (non-hydrogen) atoms. The van der Waals surface area contributed by atoms with Gasteiger partial charge in [0.25, 0.3) is 0 Å². The Morgan fingerprint density at radius 2 is 1.61 bits per heavy atom. The Kier molecular flexibility index (Phi) is 5.94. The molecule has 2 aromatic heterocycles. The SMILES string of the molecule is COc1cccc2cc(-c3cc(=O)oc4cc(-c5ccccc5)c(OC(=O)c5cccc(Cl)c5)cc34)oc12. The number of carbonyl (C=O) groups is 1. The van der Waals surface area contributed by atoms with Gasteiger partial charge in [0.2, 0.25) is 0 Å². The van der Waals surface area contributed by atoms with Gasteiger partial charge in [-0.1, -0.05) is 60.1 Å². The van der Waals surface area contributed by atoms with Crippen molar-refractivity contribution in [2.45, 2.75) is 0 Å². The van der Waals surface area contributed by atoms with Crippen molar-refractivity contribution >= 4 is 39.5 Å². The monoisotopic (exact) mass is 522 g/mol. The molecular formula is C31H19ClO6. The van der Waals surface area contributed by atoms with Gasteiger partial charge in [-0.05, 0) is 48.0 Å². The van der Waals surface area contributed by atoms with Crippen LogP contribution < -0.4 is 15.1 Å². The second kappa shape index (κ2) is 9.57. The molecule has 0 N–H and O–H groups in total. The normalized spacial score (nSPS) is 11.1. The molecule has 0 atom stereocenters. The Morgan fingerprint density at radius 3 is 2.39 bits per heavy atom. The highest BCUT2D eigenvalue weighted by Crippen LogP contribution is 2.40. The summed E-state index contributed by atoms with van der Waals surface area (Å²) in [5, 5.41) is 1.77. The lowest BCUT2D eigenvalue weighted by atomic mass is 10.00. The molecule has 0 aliphatic rings. The molecule has 0 aliphatic carbocycles. The Labute approximate surface area is 221 Å². The van der Waals surface area contributed by atoms with Crippen molar-refractivity contribution in [2.75, 3.05) is 7.11 Å². The summed E-state index contributed by atoms with van der Waals surface area (Å²) in [6.45, 7) is 0. The van der Waals surface area contributed by atoms with Gasteiger partial charge in [-0.25, -0.2) is 9.59 Å². The summed E-state index contributed by atoms with van der Waals surface area (Å²) in [6, 6.07) is 28.0. The fraction of sp³-hybridized carbons (Fsp3) is 0.0323. The number of hydrogen-bond donors (Lipinski definition) is 0. The van der Waals surface area contributed by atoms with E-state index < -0.39 is 11.6 Å². The number of benzene rings is 4. The van der Waals surface area contributed by atoms with Crippen LogP contribution in [0.1, 0.15) is 10.4 Å². The first-order valence-corrected chi connectivity index (χ1v) is 12.1. The van der Waals surface area contributed by atoms with Gasteiger partial charge in [0.15, 0.2) is 11.3 Å². The second-order valence-corrected chi connectivity index (χ2v) is 9.02. The van der Waals surface area contributed by atoms with Crippen LogP contribution in [0.15, 0.2) is 111 Å². The van der Waals surface area contributed by atoms with Crippen LogP contribution in [0, 0.1) is 0 Å². The van der Waals surface area contributed by atoms with E-state index in [4.69, 9.17) is 29.9 Å². The summed E-state index contributed by atoms with van der Waals surface area (Å²) in [6.07, 6.45) is 0. The highest BCUT2D eigenvalue weighted by molar-refractivity contribution is 6.30. The van der Waals surface area contributed by atoms with E-state index in [1.807, 2.05) is 48.5 Å². The molecule has 4 aromatic carbocycles. The predicted octanol–water partition coefficient (Wildman–Crippen LogP) is 7.75. The van der Waals surface area contributed by atoms with Gasteiger partial charge in [0, 0.05) is 33.0 Å². The maximum atomic E-state index is 13.1. The Bertz CT molecular complexity index is 1880. The zero-order chi connectivity index (χ0) is 26.2. The summed E-state index contributed by atoms with van der Waals surface area (Å²) in [4.78, 5) is 25.7. The first-order valence-electron chi connectivity index (χ1n) is 11.7. The van der Waals surface area contributed by atoms with E-state index in [-0.39, 0.29) is 5.75 Å². The lowest BCUT2D eigenvalue weighted by Gasteiger charge is -2.13. The molecule has 0 unspecified atom stereocenters. The molecule has 7 heteroatoms. The predicted molar refractivity (Wildman–Crippen MR) is 146 cm³/mol. The number of halogens is 1. The third-order valence-corrected chi connectivity index (χ3v) is 6.42. The number of ether oxygens (including phenoxy) is 2. The molecule has 0 radical (unpaired) electrons.